The van der Waals surface area contributed by atoms with Crippen LogP contribution in [0, 0.1) is 6.92 Å². The third-order valence-corrected chi connectivity index (χ3v) is 4.53. The van der Waals surface area contributed by atoms with Crippen molar-refractivity contribution in [3.05, 3.63) is 59.2 Å². The van der Waals surface area contributed by atoms with E-state index in [1.165, 1.54) is 5.56 Å². The van der Waals surface area contributed by atoms with Gasteiger partial charge in [0.25, 0.3) is 0 Å². The molecular weight excluding hydrogens is 318 g/mol. The second-order valence-electron chi connectivity index (χ2n) is 6.09. The van der Waals surface area contributed by atoms with Gasteiger partial charge in [-0.3, -0.25) is 0 Å². The van der Waals surface area contributed by atoms with Crippen molar-refractivity contribution in [1.29, 1.82) is 0 Å². The minimum absolute atomic E-state index is 0.308. The van der Waals surface area contributed by atoms with E-state index in [1.54, 1.807) is 13.2 Å². The summed E-state index contributed by atoms with van der Waals surface area (Å²) in [7, 11) is 1.68. The fraction of sp³-hybridized carbons (Fsp3) is 0.350. The zero-order valence-electron chi connectivity index (χ0n) is 14.5. The number of ether oxygens (including phenoxy) is 1. The van der Waals surface area contributed by atoms with Crippen LogP contribution in [-0.4, -0.2) is 29.7 Å². The van der Waals surface area contributed by atoms with Crippen molar-refractivity contribution >= 4 is 17.1 Å². The van der Waals surface area contributed by atoms with E-state index < -0.39 is 0 Å². The van der Waals surface area contributed by atoms with Gasteiger partial charge in [-0.15, -0.1) is 0 Å². The lowest BCUT2D eigenvalue weighted by molar-refractivity contribution is 0.414. The molecule has 0 radical (unpaired) electrons. The van der Waals surface area contributed by atoms with E-state index in [9.17, 15) is 5.11 Å². The van der Waals surface area contributed by atoms with Crippen LogP contribution < -0.4 is 10.1 Å². The molecule has 1 atom stereocenters. The maximum atomic E-state index is 9.59. The van der Waals surface area contributed by atoms with Crippen LogP contribution in [0.1, 0.15) is 30.0 Å². The molecule has 128 valence electrons. The summed E-state index contributed by atoms with van der Waals surface area (Å²) >= 11 is 5.49. The van der Waals surface area contributed by atoms with E-state index in [2.05, 4.69) is 24.4 Å². The standard InChI is InChI=1S/C20H25NO2S/c1-14-12-17(8-11-19(14)22)20(24)13-21-15(2)4-5-16-6-9-18(23-3)10-7-16/h6-12,15,21-22H,4-5,13H2,1-3H3. The Kier molecular flexibility index (Phi) is 6.76. The van der Waals surface area contributed by atoms with Crippen molar-refractivity contribution in [3.63, 3.8) is 0 Å². The second-order valence-corrected chi connectivity index (χ2v) is 6.59. The number of methoxy groups -OCH3 is 1. The van der Waals surface area contributed by atoms with E-state index >= 15 is 0 Å². The van der Waals surface area contributed by atoms with Crippen LogP contribution in [0.3, 0.4) is 0 Å². The highest BCUT2D eigenvalue weighted by Crippen LogP contribution is 2.17. The molecule has 0 aliphatic rings. The SMILES string of the molecule is COc1ccc(CCC(C)NCC(=S)c2ccc(O)c(C)c2)cc1. The number of aryl methyl sites for hydroxylation is 2. The lowest BCUT2D eigenvalue weighted by Crippen LogP contribution is -2.31. The van der Waals surface area contributed by atoms with Crippen molar-refractivity contribution in [3.8, 4) is 11.5 Å². The van der Waals surface area contributed by atoms with Gasteiger partial charge in [0.05, 0.1) is 7.11 Å². The number of hydrogen-bond donors (Lipinski definition) is 2. The molecule has 0 bridgehead atoms. The quantitative estimate of drug-likeness (QED) is 0.561. The molecule has 0 fully saturated rings. The van der Waals surface area contributed by atoms with Crippen LogP contribution in [0.2, 0.25) is 0 Å². The average Bonchev–Trinajstić information content (AvgIpc) is 2.60. The lowest BCUT2D eigenvalue weighted by atomic mass is 10.1. The molecule has 2 rings (SSSR count). The molecule has 0 heterocycles. The maximum absolute atomic E-state index is 9.59. The molecule has 0 saturated carbocycles. The van der Waals surface area contributed by atoms with E-state index in [0.717, 1.165) is 34.6 Å². The summed E-state index contributed by atoms with van der Waals surface area (Å²) in [6.45, 7) is 4.73. The Morgan fingerprint density at radius 1 is 1.21 bits per heavy atom. The fourth-order valence-corrected chi connectivity index (χ4v) is 2.69. The number of benzene rings is 2. The molecule has 3 nitrogen and oxygen atoms in total. The summed E-state index contributed by atoms with van der Waals surface area (Å²) in [5.41, 5.74) is 3.15. The highest BCUT2D eigenvalue weighted by molar-refractivity contribution is 7.80. The van der Waals surface area contributed by atoms with Crippen molar-refractivity contribution in [2.45, 2.75) is 32.7 Å². The summed E-state index contributed by atoms with van der Waals surface area (Å²) in [6, 6.07) is 14.1. The predicted molar refractivity (Wildman–Crippen MR) is 103 cm³/mol. The monoisotopic (exact) mass is 343 g/mol. The zero-order chi connectivity index (χ0) is 17.5. The van der Waals surface area contributed by atoms with Gasteiger partial charge < -0.3 is 15.2 Å². The predicted octanol–water partition coefficient (Wildman–Crippen LogP) is 4.04. The highest BCUT2D eigenvalue weighted by Gasteiger charge is 2.07. The summed E-state index contributed by atoms with van der Waals surface area (Å²) in [5, 5.41) is 13.1. The minimum atomic E-state index is 0.308. The molecule has 4 heteroatoms. The molecule has 2 aromatic carbocycles. The molecule has 0 spiro atoms. The molecular formula is C20H25NO2S. The Balaban J connectivity index is 1.78. The molecule has 2 aromatic rings. The van der Waals surface area contributed by atoms with Crippen LogP contribution >= 0.6 is 12.2 Å². The first-order valence-electron chi connectivity index (χ1n) is 8.18. The number of phenolic OH excluding ortho intramolecular Hbond substituents is 1. The number of rotatable bonds is 8. The lowest BCUT2D eigenvalue weighted by Gasteiger charge is -2.15. The van der Waals surface area contributed by atoms with E-state index in [1.807, 2.05) is 31.2 Å². The first-order valence-corrected chi connectivity index (χ1v) is 8.59. The van der Waals surface area contributed by atoms with Gasteiger partial charge in [-0.05, 0) is 67.6 Å². The smallest absolute Gasteiger partial charge is 0.118 e. The van der Waals surface area contributed by atoms with Crippen molar-refractivity contribution < 1.29 is 9.84 Å². The Morgan fingerprint density at radius 2 is 1.92 bits per heavy atom. The summed E-state index contributed by atoms with van der Waals surface area (Å²) < 4.78 is 5.18. The van der Waals surface area contributed by atoms with E-state index in [0.29, 0.717) is 18.3 Å². The third-order valence-electron chi connectivity index (χ3n) is 4.15. The normalized spacial score (nSPS) is 12.0. The molecule has 0 amide bonds. The van der Waals surface area contributed by atoms with Gasteiger partial charge in [0.2, 0.25) is 0 Å². The van der Waals surface area contributed by atoms with Gasteiger partial charge >= 0.3 is 0 Å². The average molecular weight is 343 g/mol. The molecule has 24 heavy (non-hydrogen) atoms. The fourth-order valence-electron chi connectivity index (χ4n) is 2.48. The summed E-state index contributed by atoms with van der Waals surface area (Å²) in [6.07, 6.45) is 2.06. The van der Waals surface area contributed by atoms with Crippen molar-refractivity contribution in [2.75, 3.05) is 13.7 Å². The summed E-state index contributed by atoms with van der Waals surface area (Å²) in [5.74, 6) is 1.20. The number of aromatic hydroxyl groups is 1. The first-order chi connectivity index (χ1) is 11.5. The van der Waals surface area contributed by atoms with Crippen LogP contribution in [0.5, 0.6) is 11.5 Å². The number of nitrogens with one attached hydrogen (secondary N) is 1. The molecule has 0 saturated heterocycles. The Hall–Kier alpha value is -1.91. The second kappa shape index (κ2) is 8.81. The van der Waals surface area contributed by atoms with Gasteiger partial charge in [0, 0.05) is 17.5 Å². The van der Waals surface area contributed by atoms with Crippen molar-refractivity contribution in [2.24, 2.45) is 0 Å². The molecule has 0 aliphatic heterocycles. The van der Waals surface area contributed by atoms with Gasteiger partial charge in [0.1, 0.15) is 11.5 Å². The molecule has 2 N–H and O–H groups in total. The number of phenols is 1. The Labute approximate surface area is 149 Å². The van der Waals surface area contributed by atoms with Crippen LogP contribution in [0.15, 0.2) is 42.5 Å². The largest absolute Gasteiger partial charge is 0.508 e. The van der Waals surface area contributed by atoms with Crippen LogP contribution in [-0.2, 0) is 6.42 Å². The first kappa shape index (κ1) is 18.4. The van der Waals surface area contributed by atoms with Crippen LogP contribution in [0.25, 0.3) is 0 Å². The topological polar surface area (TPSA) is 41.5 Å². The minimum Gasteiger partial charge on any atom is -0.508 e. The number of thiocarbonyl (C=S) groups is 1. The van der Waals surface area contributed by atoms with Gasteiger partial charge in [0.15, 0.2) is 0 Å². The van der Waals surface area contributed by atoms with Crippen molar-refractivity contribution in [1.82, 2.24) is 5.32 Å². The third kappa shape index (κ3) is 5.32. The molecule has 1 unspecified atom stereocenters. The summed E-state index contributed by atoms with van der Waals surface area (Å²) in [4.78, 5) is 0.870. The van der Waals surface area contributed by atoms with Gasteiger partial charge in [-0.25, -0.2) is 0 Å². The van der Waals surface area contributed by atoms with Gasteiger partial charge in [-0.1, -0.05) is 30.4 Å². The zero-order valence-corrected chi connectivity index (χ0v) is 15.3. The number of hydrogen-bond acceptors (Lipinski definition) is 4. The molecule has 0 aliphatic carbocycles. The van der Waals surface area contributed by atoms with E-state index in [-0.39, 0.29) is 0 Å². The van der Waals surface area contributed by atoms with Crippen LogP contribution in [0.4, 0.5) is 0 Å². The maximum Gasteiger partial charge on any atom is 0.118 e. The highest BCUT2D eigenvalue weighted by atomic mass is 32.1. The Bertz CT molecular complexity index is 683. The Morgan fingerprint density at radius 3 is 2.54 bits per heavy atom. The van der Waals surface area contributed by atoms with Gasteiger partial charge in [-0.2, -0.15) is 0 Å². The molecule has 0 aromatic heterocycles. The van der Waals surface area contributed by atoms with E-state index in [4.69, 9.17) is 17.0 Å².